The Hall–Kier alpha value is -2.71. The first-order chi connectivity index (χ1) is 8.86. The number of nitrogens with zero attached hydrogens (tertiary/aromatic N) is 2. The molecule has 2 N–H and O–H groups in total. The predicted molar refractivity (Wildman–Crippen MR) is 62.9 cm³/mol. The highest BCUT2D eigenvalue weighted by molar-refractivity contribution is 5.95. The van der Waals surface area contributed by atoms with Crippen molar-refractivity contribution in [3.05, 3.63) is 38.3 Å². The van der Waals surface area contributed by atoms with E-state index in [0.29, 0.717) is 0 Å². The third-order valence-corrected chi connectivity index (χ3v) is 2.32. The molecule has 0 spiro atoms. The second-order valence-corrected chi connectivity index (χ2v) is 3.57. The molecule has 1 rings (SSSR count). The van der Waals surface area contributed by atoms with Gasteiger partial charge in [0.2, 0.25) is 0 Å². The van der Waals surface area contributed by atoms with Crippen LogP contribution in [0.25, 0.3) is 0 Å². The molecule has 0 aromatic carbocycles. The van der Waals surface area contributed by atoms with Gasteiger partial charge in [-0.1, -0.05) is 0 Å². The quantitative estimate of drug-likeness (QED) is 0.563. The standard InChI is InChI=1S/C10H11N3O6/c1-2-12(5-8(14)15)10(17)7-3-6(13(18)19)4-11-9(7)16/h3-4H,2,5H2,1H3,(H,11,16)(H,14,15). The second-order valence-electron chi connectivity index (χ2n) is 3.57. The van der Waals surface area contributed by atoms with Crippen molar-refractivity contribution >= 4 is 17.6 Å². The number of aliphatic carboxylic acids is 1. The van der Waals surface area contributed by atoms with Crippen molar-refractivity contribution in [2.45, 2.75) is 6.92 Å². The van der Waals surface area contributed by atoms with Crippen LogP contribution in [0.5, 0.6) is 0 Å². The molecule has 9 heteroatoms. The summed E-state index contributed by atoms with van der Waals surface area (Å²) < 4.78 is 0. The summed E-state index contributed by atoms with van der Waals surface area (Å²) in [7, 11) is 0. The molecular formula is C10H11N3O6. The molecule has 0 aliphatic rings. The van der Waals surface area contributed by atoms with Gasteiger partial charge in [0.05, 0.1) is 11.1 Å². The van der Waals surface area contributed by atoms with E-state index in [1.807, 2.05) is 0 Å². The van der Waals surface area contributed by atoms with Gasteiger partial charge in [-0.3, -0.25) is 24.5 Å². The number of hydrogen-bond donors (Lipinski definition) is 2. The summed E-state index contributed by atoms with van der Waals surface area (Å²) in [5.41, 5.74) is -1.72. The number of hydrogen-bond acceptors (Lipinski definition) is 5. The lowest BCUT2D eigenvalue weighted by atomic mass is 10.2. The van der Waals surface area contributed by atoms with Gasteiger partial charge in [-0.2, -0.15) is 0 Å². The summed E-state index contributed by atoms with van der Waals surface area (Å²) in [6.07, 6.45) is 0.868. The number of nitrogens with one attached hydrogen (secondary N) is 1. The van der Waals surface area contributed by atoms with E-state index in [9.17, 15) is 24.5 Å². The Morgan fingerprint density at radius 3 is 2.63 bits per heavy atom. The molecule has 0 aliphatic carbocycles. The van der Waals surface area contributed by atoms with Crippen molar-refractivity contribution in [2.24, 2.45) is 0 Å². The Bertz CT molecular complexity index is 579. The highest BCUT2D eigenvalue weighted by Crippen LogP contribution is 2.10. The lowest BCUT2D eigenvalue weighted by molar-refractivity contribution is -0.385. The van der Waals surface area contributed by atoms with E-state index < -0.39 is 40.2 Å². The molecule has 0 unspecified atom stereocenters. The molecule has 0 atom stereocenters. The summed E-state index contributed by atoms with van der Waals surface area (Å²) in [6, 6.07) is 0.825. The number of rotatable bonds is 5. The van der Waals surface area contributed by atoms with Crippen molar-refractivity contribution < 1.29 is 19.6 Å². The number of pyridine rings is 1. The van der Waals surface area contributed by atoms with E-state index in [2.05, 4.69) is 4.98 Å². The van der Waals surface area contributed by atoms with Gasteiger partial charge in [0, 0.05) is 12.6 Å². The molecule has 102 valence electrons. The maximum atomic E-state index is 11.9. The first-order valence-electron chi connectivity index (χ1n) is 5.25. The van der Waals surface area contributed by atoms with E-state index >= 15 is 0 Å². The van der Waals surface area contributed by atoms with Gasteiger partial charge in [0.1, 0.15) is 12.1 Å². The lowest BCUT2D eigenvalue weighted by Crippen LogP contribution is -2.38. The Balaban J connectivity index is 3.17. The highest BCUT2D eigenvalue weighted by Gasteiger charge is 2.22. The number of aromatic amines is 1. The van der Waals surface area contributed by atoms with E-state index in [1.165, 1.54) is 6.92 Å². The monoisotopic (exact) mass is 269 g/mol. The van der Waals surface area contributed by atoms with Crippen LogP contribution < -0.4 is 5.56 Å². The van der Waals surface area contributed by atoms with Crippen LogP contribution >= 0.6 is 0 Å². The average molecular weight is 269 g/mol. The molecule has 1 aromatic heterocycles. The number of nitro groups is 1. The van der Waals surface area contributed by atoms with Crippen LogP contribution in [0.3, 0.4) is 0 Å². The van der Waals surface area contributed by atoms with E-state index in [1.54, 1.807) is 0 Å². The third-order valence-electron chi connectivity index (χ3n) is 2.32. The number of likely N-dealkylation sites (N-methyl/N-ethyl adjacent to an activating group) is 1. The fourth-order valence-corrected chi connectivity index (χ4v) is 1.40. The van der Waals surface area contributed by atoms with Crippen molar-refractivity contribution in [1.82, 2.24) is 9.88 Å². The summed E-state index contributed by atoms with van der Waals surface area (Å²) in [5.74, 6) is -2.10. The van der Waals surface area contributed by atoms with E-state index in [-0.39, 0.29) is 6.54 Å². The SMILES string of the molecule is CCN(CC(=O)O)C(=O)c1cc([N+](=O)[O-])c[nH]c1=O. The average Bonchev–Trinajstić information content (AvgIpc) is 2.35. The number of H-pyrrole nitrogens is 1. The Kier molecular flexibility index (Phi) is 4.35. The smallest absolute Gasteiger partial charge is 0.323 e. The minimum Gasteiger partial charge on any atom is -0.480 e. The molecule has 0 saturated heterocycles. The molecule has 0 saturated carbocycles. The zero-order chi connectivity index (χ0) is 14.6. The van der Waals surface area contributed by atoms with Gasteiger partial charge in [0.25, 0.3) is 17.2 Å². The molecule has 0 radical (unpaired) electrons. The molecule has 0 bridgehead atoms. The fourth-order valence-electron chi connectivity index (χ4n) is 1.40. The summed E-state index contributed by atoms with van der Waals surface area (Å²) in [6.45, 7) is 1.01. The summed E-state index contributed by atoms with van der Waals surface area (Å²) >= 11 is 0. The predicted octanol–water partition coefficient (Wildman–Crippen LogP) is -0.170. The molecule has 1 aromatic rings. The molecule has 1 heterocycles. The van der Waals surface area contributed by atoms with Crippen LogP contribution in [-0.2, 0) is 4.79 Å². The van der Waals surface area contributed by atoms with Crippen molar-refractivity contribution in [3.8, 4) is 0 Å². The van der Waals surface area contributed by atoms with Gasteiger partial charge in [-0.05, 0) is 6.92 Å². The summed E-state index contributed by atoms with van der Waals surface area (Å²) in [4.78, 5) is 46.7. The van der Waals surface area contributed by atoms with Gasteiger partial charge >= 0.3 is 5.97 Å². The molecule has 1 amide bonds. The zero-order valence-electron chi connectivity index (χ0n) is 9.95. The van der Waals surface area contributed by atoms with Crippen LogP contribution in [-0.4, -0.2) is 44.9 Å². The molecule has 0 aliphatic heterocycles. The van der Waals surface area contributed by atoms with Gasteiger partial charge in [-0.15, -0.1) is 0 Å². The molecule has 9 nitrogen and oxygen atoms in total. The second kappa shape index (κ2) is 5.76. The molecular weight excluding hydrogens is 258 g/mol. The number of carboxylic acids is 1. The topological polar surface area (TPSA) is 134 Å². The van der Waals surface area contributed by atoms with Gasteiger partial charge in [-0.25, -0.2) is 0 Å². The Labute approximate surface area is 106 Å². The molecule has 19 heavy (non-hydrogen) atoms. The minimum absolute atomic E-state index is 0.0628. The number of carbonyl (C=O) groups is 2. The van der Waals surface area contributed by atoms with Crippen molar-refractivity contribution in [3.63, 3.8) is 0 Å². The van der Waals surface area contributed by atoms with Crippen molar-refractivity contribution in [1.29, 1.82) is 0 Å². The van der Waals surface area contributed by atoms with E-state index in [0.717, 1.165) is 17.2 Å². The fraction of sp³-hybridized carbons (Fsp3) is 0.300. The number of aromatic nitrogens is 1. The third kappa shape index (κ3) is 3.37. The van der Waals surface area contributed by atoms with E-state index in [4.69, 9.17) is 5.11 Å². The van der Waals surface area contributed by atoms with Crippen LogP contribution in [0.15, 0.2) is 17.1 Å². The highest BCUT2D eigenvalue weighted by atomic mass is 16.6. The maximum Gasteiger partial charge on any atom is 0.323 e. The zero-order valence-corrected chi connectivity index (χ0v) is 9.95. The number of amides is 1. The largest absolute Gasteiger partial charge is 0.480 e. The Morgan fingerprint density at radius 1 is 1.53 bits per heavy atom. The van der Waals surface area contributed by atoms with Crippen LogP contribution in [0.1, 0.15) is 17.3 Å². The number of carboxylic acid groups (broad SMARTS) is 1. The normalized spacial score (nSPS) is 9.95. The minimum atomic E-state index is -1.24. The van der Waals surface area contributed by atoms with Gasteiger partial charge < -0.3 is 15.0 Å². The van der Waals surface area contributed by atoms with Crippen LogP contribution in [0.4, 0.5) is 5.69 Å². The van der Waals surface area contributed by atoms with Gasteiger partial charge in [0.15, 0.2) is 0 Å². The number of carbonyl (C=O) groups excluding carboxylic acids is 1. The Morgan fingerprint density at radius 2 is 2.16 bits per heavy atom. The first kappa shape index (κ1) is 14.4. The van der Waals surface area contributed by atoms with Crippen LogP contribution in [0, 0.1) is 10.1 Å². The summed E-state index contributed by atoms with van der Waals surface area (Å²) in [5, 5.41) is 19.2. The lowest BCUT2D eigenvalue weighted by Gasteiger charge is -2.17. The first-order valence-corrected chi connectivity index (χ1v) is 5.25. The maximum absolute atomic E-state index is 11.9. The van der Waals surface area contributed by atoms with Crippen LogP contribution in [0.2, 0.25) is 0 Å². The van der Waals surface area contributed by atoms with Crippen molar-refractivity contribution in [2.75, 3.05) is 13.1 Å². The molecule has 0 fully saturated rings.